The van der Waals surface area contributed by atoms with E-state index in [-0.39, 0.29) is 0 Å². The van der Waals surface area contributed by atoms with Crippen LogP contribution in [-0.4, -0.2) is 26.0 Å². The fourth-order valence-electron chi connectivity index (χ4n) is 2.49. The monoisotopic (exact) mass is 295 g/mol. The van der Waals surface area contributed by atoms with Gasteiger partial charge in [-0.15, -0.1) is 0 Å². The first-order valence-electron chi connectivity index (χ1n) is 7.56. The molecule has 0 aliphatic carbocycles. The van der Waals surface area contributed by atoms with E-state index >= 15 is 0 Å². The Morgan fingerprint density at radius 3 is 2.73 bits per heavy atom. The maximum atomic E-state index is 4.31. The Hall–Kier alpha value is -2.40. The lowest BCUT2D eigenvalue weighted by Crippen LogP contribution is -2.33. The van der Waals surface area contributed by atoms with Gasteiger partial charge in [-0.25, -0.2) is 0 Å². The van der Waals surface area contributed by atoms with E-state index in [0.29, 0.717) is 12.1 Å². The fourth-order valence-corrected chi connectivity index (χ4v) is 2.49. The number of aromatic nitrogens is 4. The molecule has 1 aromatic carbocycles. The molecule has 2 N–H and O–H groups in total. The molecule has 2 atom stereocenters. The molecule has 0 saturated carbocycles. The lowest BCUT2D eigenvalue weighted by molar-refractivity contribution is 0.365. The summed E-state index contributed by atoms with van der Waals surface area (Å²) in [5.41, 5.74) is 3.40. The summed E-state index contributed by atoms with van der Waals surface area (Å²) in [5, 5.41) is 15.2. The second-order valence-electron chi connectivity index (χ2n) is 5.53. The molecule has 5 nitrogen and oxygen atoms in total. The molecule has 0 radical (unpaired) electrons. The summed E-state index contributed by atoms with van der Waals surface area (Å²) in [7, 11) is 0. The van der Waals surface area contributed by atoms with Crippen molar-refractivity contribution < 1.29 is 0 Å². The normalized spacial score (nSPS) is 13.9. The molecule has 3 aromatic rings. The van der Waals surface area contributed by atoms with Crippen molar-refractivity contribution in [2.75, 3.05) is 0 Å². The van der Waals surface area contributed by atoms with Crippen LogP contribution in [0, 0.1) is 0 Å². The number of hydrogen-bond acceptors (Lipinski definition) is 3. The second kappa shape index (κ2) is 6.58. The maximum Gasteiger partial charge on any atom is 0.0695 e. The van der Waals surface area contributed by atoms with Crippen LogP contribution >= 0.6 is 0 Å². The summed E-state index contributed by atoms with van der Waals surface area (Å²) in [6.45, 7) is 5.11. The van der Waals surface area contributed by atoms with Crippen molar-refractivity contribution in [1.82, 2.24) is 25.3 Å². The van der Waals surface area contributed by atoms with Gasteiger partial charge in [0.2, 0.25) is 0 Å². The van der Waals surface area contributed by atoms with Crippen LogP contribution < -0.4 is 5.32 Å². The number of hydrogen-bond donors (Lipinski definition) is 2. The third-order valence-corrected chi connectivity index (χ3v) is 4.06. The van der Waals surface area contributed by atoms with E-state index in [1.807, 2.05) is 47.5 Å². The molecule has 3 rings (SSSR count). The number of aromatic amines is 1. The number of H-pyrrole nitrogens is 1. The first kappa shape index (κ1) is 14.5. The largest absolute Gasteiger partial charge is 0.308 e. The zero-order valence-corrected chi connectivity index (χ0v) is 12.9. The van der Waals surface area contributed by atoms with Crippen molar-refractivity contribution in [2.45, 2.75) is 32.5 Å². The number of nitrogens with zero attached hydrogens (tertiary/aromatic N) is 3. The van der Waals surface area contributed by atoms with Gasteiger partial charge in [0.25, 0.3) is 0 Å². The van der Waals surface area contributed by atoms with Gasteiger partial charge in [-0.3, -0.25) is 9.78 Å². The molecule has 0 spiro atoms. The molecule has 0 amide bonds. The second-order valence-corrected chi connectivity index (χ2v) is 5.53. The number of benzene rings is 1. The quantitative estimate of drug-likeness (QED) is 0.735. The Kier molecular flexibility index (Phi) is 4.34. The molecule has 0 unspecified atom stereocenters. The molecule has 5 heteroatoms. The van der Waals surface area contributed by atoms with Crippen LogP contribution in [0.1, 0.15) is 25.5 Å². The number of rotatable bonds is 6. The van der Waals surface area contributed by atoms with Gasteiger partial charge >= 0.3 is 0 Å². The van der Waals surface area contributed by atoms with Crippen molar-refractivity contribution in [3.05, 3.63) is 60.6 Å². The lowest BCUT2D eigenvalue weighted by Gasteiger charge is -2.21. The molecule has 0 fully saturated rings. The summed E-state index contributed by atoms with van der Waals surface area (Å²) in [6.07, 6.45) is 5.70. The average molecular weight is 295 g/mol. The van der Waals surface area contributed by atoms with E-state index in [1.165, 1.54) is 5.56 Å². The van der Waals surface area contributed by atoms with Crippen LogP contribution in [0.4, 0.5) is 0 Å². The average Bonchev–Trinajstić information content (AvgIpc) is 3.24. The first-order chi connectivity index (χ1) is 10.8. The minimum absolute atomic E-state index is 0.294. The molecule has 0 aliphatic heterocycles. The van der Waals surface area contributed by atoms with Crippen LogP contribution in [0.3, 0.4) is 0 Å². The highest BCUT2D eigenvalue weighted by molar-refractivity contribution is 5.62. The maximum absolute atomic E-state index is 4.31. The fraction of sp³-hybridized carbons (Fsp3) is 0.294. The van der Waals surface area contributed by atoms with Gasteiger partial charge in [0.05, 0.1) is 17.9 Å². The molecule has 22 heavy (non-hydrogen) atoms. The summed E-state index contributed by atoms with van der Waals surface area (Å²) >= 11 is 0. The van der Waals surface area contributed by atoms with Crippen LogP contribution in [0.2, 0.25) is 0 Å². The van der Waals surface area contributed by atoms with Gasteiger partial charge in [0.15, 0.2) is 0 Å². The van der Waals surface area contributed by atoms with Gasteiger partial charge in [-0.05, 0) is 25.5 Å². The SMILES string of the molecule is C[C@H]([C@@H](C)NCc1cn[nH]c1-c1ccccc1)n1cccn1. The third-order valence-electron chi connectivity index (χ3n) is 4.06. The minimum atomic E-state index is 0.294. The Morgan fingerprint density at radius 2 is 2.00 bits per heavy atom. The summed E-state index contributed by atoms with van der Waals surface area (Å²) < 4.78 is 1.98. The van der Waals surface area contributed by atoms with Crippen molar-refractivity contribution in [2.24, 2.45) is 0 Å². The molecular weight excluding hydrogens is 274 g/mol. The predicted molar refractivity (Wildman–Crippen MR) is 87.3 cm³/mol. The summed E-state index contributed by atoms with van der Waals surface area (Å²) in [4.78, 5) is 0. The Morgan fingerprint density at radius 1 is 1.18 bits per heavy atom. The van der Waals surface area contributed by atoms with Crippen molar-refractivity contribution >= 4 is 0 Å². The van der Waals surface area contributed by atoms with Gasteiger partial charge in [-0.2, -0.15) is 10.2 Å². The van der Waals surface area contributed by atoms with Gasteiger partial charge in [-0.1, -0.05) is 30.3 Å². The first-order valence-corrected chi connectivity index (χ1v) is 7.56. The van der Waals surface area contributed by atoms with Crippen molar-refractivity contribution in [1.29, 1.82) is 0 Å². The van der Waals surface area contributed by atoms with Crippen LogP contribution in [0.5, 0.6) is 0 Å². The zero-order chi connectivity index (χ0) is 15.4. The van der Waals surface area contributed by atoms with Crippen LogP contribution in [-0.2, 0) is 6.54 Å². The zero-order valence-electron chi connectivity index (χ0n) is 12.9. The minimum Gasteiger partial charge on any atom is -0.308 e. The van der Waals surface area contributed by atoms with E-state index in [1.54, 1.807) is 0 Å². The predicted octanol–water partition coefficient (Wildman–Crippen LogP) is 3.01. The van der Waals surface area contributed by atoms with Gasteiger partial charge in [0.1, 0.15) is 0 Å². The lowest BCUT2D eigenvalue weighted by atomic mass is 10.1. The highest BCUT2D eigenvalue weighted by Crippen LogP contribution is 2.21. The van der Waals surface area contributed by atoms with E-state index in [2.05, 4.69) is 46.6 Å². The topological polar surface area (TPSA) is 58.5 Å². The molecule has 0 bridgehead atoms. The van der Waals surface area contributed by atoms with Crippen LogP contribution in [0.25, 0.3) is 11.3 Å². The van der Waals surface area contributed by atoms with E-state index < -0.39 is 0 Å². The highest BCUT2D eigenvalue weighted by atomic mass is 15.3. The molecular formula is C17H21N5. The molecule has 114 valence electrons. The third kappa shape index (κ3) is 3.09. The summed E-state index contributed by atoms with van der Waals surface area (Å²) in [6, 6.07) is 12.8. The smallest absolute Gasteiger partial charge is 0.0695 e. The Bertz CT molecular complexity index is 687. The highest BCUT2D eigenvalue weighted by Gasteiger charge is 2.15. The van der Waals surface area contributed by atoms with Crippen molar-refractivity contribution in [3.8, 4) is 11.3 Å². The molecule has 2 heterocycles. The number of nitrogens with one attached hydrogen (secondary N) is 2. The summed E-state index contributed by atoms with van der Waals surface area (Å²) in [5.74, 6) is 0. The van der Waals surface area contributed by atoms with Gasteiger partial charge < -0.3 is 5.32 Å². The van der Waals surface area contributed by atoms with E-state index in [4.69, 9.17) is 0 Å². The Balaban J connectivity index is 1.66. The molecule has 0 aliphatic rings. The van der Waals surface area contributed by atoms with E-state index in [0.717, 1.165) is 17.8 Å². The standard InChI is InChI=1S/C17H21N5/c1-13(14(2)22-10-6-9-20-22)18-11-16-12-19-21-17(16)15-7-4-3-5-8-15/h3-10,12-14,18H,11H2,1-2H3,(H,19,21)/t13-,14-/m1/s1. The van der Waals surface area contributed by atoms with Gasteiger partial charge in [0, 0.05) is 30.5 Å². The van der Waals surface area contributed by atoms with Crippen molar-refractivity contribution in [3.63, 3.8) is 0 Å². The van der Waals surface area contributed by atoms with E-state index in [9.17, 15) is 0 Å². The Labute approximate surface area is 130 Å². The molecule has 2 aromatic heterocycles. The van der Waals surface area contributed by atoms with Crippen LogP contribution in [0.15, 0.2) is 55.0 Å². The molecule has 0 saturated heterocycles.